The van der Waals surface area contributed by atoms with Crippen molar-refractivity contribution in [2.45, 2.75) is 87.6 Å². The van der Waals surface area contributed by atoms with Crippen LogP contribution in [0.5, 0.6) is 0 Å². The van der Waals surface area contributed by atoms with Gasteiger partial charge in [0, 0.05) is 53.7 Å². The van der Waals surface area contributed by atoms with E-state index >= 15 is 0 Å². The highest BCUT2D eigenvalue weighted by Crippen LogP contribution is 2.28. The Bertz CT molecular complexity index is 3230. The molecule has 4 aliphatic heterocycles. The van der Waals surface area contributed by atoms with Gasteiger partial charge in [-0.1, -0.05) is 0 Å². The van der Waals surface area contributed by atoms with Crippen LogP contribution in [0.4, 0.5) is 0 Å². The van der Waals surface area contributed by atoms with Crippen molar-refractivity contribution in [1.29, 1.82) is 0 Å². The van der Waals surface area contributed by atoms with E-state index in [1.54, 1.807) is 48.1 Å². The molecule has 0 aromatic carbocycles. The summed E-state index contributed by atoms with van der Waals surface area (Å²) in [5.74, 6) is 0.516. The molecule has 87 heavy (non-hydrogen) atoms. The first-order valence-electron chi connectivity index (χ1n) is 26.0. The number of hydrogen-bond donors (Lipinski definition) is 8. The highest BCUT2D eigenvalue weighted by atomic mass is 35.5. The van der Waals surface area contributed by atoms with E-state index in [4.69, 9.17) is 80.6 Å². The second-order valence-electron chi connectivity index (χ2n) is 20.4. The van der Waals surface area contributed by atoms with Crippen LogP contribution in [0.1, 0.15) is 82.1 Å². The Morgan fingerprint density at radius 2 is 0.862 bits per heavy atom. The Kier molecular flexibility index (Phi) is 37.9. The molecule has 468 valence electrons. The van der Waals surface area contributed by atoms with Gasteiger partial charge in [-0.25, -0.2) is 13.4 Å². The van der Waals surface area contributed by atoms with Gasteiger partial charge in [-0.2, -0.15) is 43.9 Å². The Morgan fingerprint density at radius 1 is 0.575 bits per heavy atom. The first-order chi connectivity index (χ1) is 39.7. The first-order valence-corrected chi connectivity index (χ1v) is 27.3. The number of hydrogen-bond acceptors (Lipinski definition) is 10. The van der Waals surface area contributed by atoms with Gasteiger partial charge in [-0.05, 0) is 124 Å². The number of aliphatic hydroxyl groups is 1. The summed E-state index contributed by atoms with van der Waals surface area (Å²) in [6, 6.07) is 0. The van der Waals surface area contributed by atoms with Gasteiger partial charge < -0.3 is 64.5 Å². The molecule has 0 saturated carbocycles. The quantitative estimate of drug-likeness (QED) is 0.0182. The number of guanidine groups is 2. The van der Waals surface area contributed by atoms with Crippen LogP contribution >= 0.6 is 0 Å². The number of hydrazine groups is 1. The number of nitrogens with one attached hydrogen (secondary N) is 2. The van der Waals surface area contributed by atoms with Crippen LogP contribution in [-0.4, -0.2) is 133 Å². The molecule has 0 aromatic rings. The van der Waals surface area contributed by atoms with Gasteiger partial charge in [0.2, 0.25) is 10.4 Å². The van der Waals surface area contributed by atoms with Crippen molar-refractivity contribution in [2.75, 3.05) is 73.2 Å². The Morgan fingerprint density at radius 3 is 1.13 bits per heavy atom. The third-order valence-electron chi connectivity index (χ3n) is 12.0. The number of nitrogens with zero attached hydrogens (tertiary/aromatic N) is 13. The number of rotatable bonds is 16. The predicted octanol–water partition coefficient (Wildman–Crippen LogP) is -4.04. The maximum absolute atomic E-state index is 10.6. The SMILES string of the molecule is CC(C)([NH3+])CO.[C-]#[N+]C([N+]#[C-])=C1C=C(C)N(CCC[N+](C)(C)CCC[O-])C(C)=C1.[C-]#[N+]C([N+]#[C-])=C1C=C(C)N(CCOS(=O)(=O)[O-])C(C)=C1.[C-]#[N+]C([N+]#[C-])=C1C=C(C)N(CC[NH+]=C(N)N)C(C)=C1.[C-]#[N+]C([N+]#[C-])=C1C=C(C)N([NH+]=C(N)N)C(C)=C1.[Cl-].[Cl-]. The molecule has 0 aliphatic carbocycles. The summed E-state index contributed by atoms with van der Waals surface area (Å²) in [5.41, 5.74) is 34.5. The lowest BCUT2D eigenvalue weighted by Gasteiger charge is -2.33. The van der Waals surface area contributed by atoms with Gasteiger partial charge in [0.1, 0.15) is 58.1 Å². The molecule has 0 bridgehead atoms. The van der Waals surface area contributed by atoms with Gasteiger partial charge in [0.15, 0.2) is 0 Å². The molecule has 4 aliphatic rings. The molecule has 0 fully saturated rings. The van der Waals surface area contributed by atoms with Crippen LogP contribution in [-0.2, 0) is 14.6 Å². The second-order valence-corrected chi connectivity index (χ2v) is 21.4. The summed E-state index contributed by atoms with van der Waals surface area (Å²) in [7, 11) is -0.371. The van der Waals surface area contributed by atoms with Crippen molar-refractivity contribution in [2.24, 2.45) is 22.9 Å². The summed E-state index contributed by atoms with van der Waals surface area (Å²) in [6.07, 6.45) is 16.0. The minimum Gasteiger partial charge on any atom is -1.00 e. The van der Waals surface area contributed by atoms with Crippen molar-refractivity contribution in [3.63, 3.8) is 0 Å². The lowest BCUT2D eigenvalue weighted by atomic mass is 10.1. The topological polar surface area (TPSA) is 317 Å². The molecule has 0 radical (unpaired) electrons. The maximum atomic E-state index is 10.6. The Labute approximate surface area is 526 Å². The molecule has 4 heterocycles. The fourth-order valence-electron chi connectivity index (χ4n) is 7.98. The molecule has 26 nitrogen and oxygen atoms in total. The van der Waals surface area contributed by atoms with Crippen molar-refractivity contribution in [1.82, 2.24) is 19.7 Å². The lowest BCUT2D eigenvalue weighted by Crippen LogP contribution is -3.00. The third kappa shape index (κ3) is 30.5. The minimum atomic E-state index is -4.70. The number of aliphatic hydroxyl groups excluding tert-OH is 1. The van der Waals surface area contributed by atoms with Gasteiger partial charge in [0.25, 0.3) is 0 Å². The van der Waals surface area contributed by atoms with E-state index in [1.165, 1.54) is 0 Å². The average Bonchev–Trinajstić information content (AvgIpc) is 2.87. The molecule has 0 saturated heterocycles. The second kappa shape index (κ2) is 40.2. The molecule has 14 N–H and O–H groups in total. The van der Waals surface area contributed by atoms with E-state index in [0.29, 0.717) is 35.4 Å². The molecular weight excluding hydrogens is 1180 g/mol. The Balaban J connectivity index is -0.00000104. The molecule has 0 spiro atoms. The first kappa shape index (κ1) is 82.0. The van der Waals surface area contributed by atoms with Crippen LogP contribution in [0.2, 0.25) is 0 Å². The number of halogens is 2. The number of allylic oxidation sites excluding steroid dienone is 20. The largest absolute Gasteiger partial charge is 1.00 e. The molecule has 4 rings (SSSR count). The van der Waals surface area contributed by atoms with Crippen LogP contribution in [0.25, 0.3) is 38.8 Å². The zero-order chi connectivity index (χ0) is 65.4. The number of nitrogens with two attached hydrogens (primary N) is 4. The predicted molar refractivity (Wildman–Crippen MR) is 322 cm³/mol. The van der Waals surface area contributed by atoms with E-state index in [1.807, 2.05) is 79.7 Å². The van der Waals surface area contributed by atoms with Gasteiger partial charge in [-0.15, -0.1) is 6.61 Å². The highest BCUT2D eigenvalue weighted by molar-refractivity contribution is 7.80. The molecule has 29 heteroatoms. The number of hydrazone groups is 1. The standard InChI is InChI=1S/C18H26N4O.C13H16N6.C12H13N3O4S.C11H12N6.C4H11NO.2ClH/c1-15-13-17(18(19-3)20-4)14-16(2)21(15)9-7-10-22(5,6)11-8-12-23;1-9-7-11(12(16-3)17-4)8-10(2)19(9)6-5-18-13(14)15;1-9-7-11(12(13-3)14-4)8-10(2)15(9)5-6-19-20(16,17)18;1-7-5-9(10(14-3)15-4)6-8(2)17(7)16-11(12)13;1-4(2,5)3-6;;/h13-14H,7-12H2,1-2,5-6H3;7-8H,5-6H2,1-2H3,(H4,14,15,18);7-8H,5-6H2,1-2H3,(H,16,17,18);5-6H,1-2H3,(H4,12,13,16);6H,3,5H2,1-2H3;2*1H. The number of quaternary nitrogens is 2. The summed E-state index contributed by atoms with van der Waals surface area (Å²) >= 11 is 0. The van der Waals surface area contributed by atoms with E-state index in [0.717, 1.165) is 82.5 Å². The maximum Gasteiger partial charge on any atom is 0.526 e. The summed E-state index contributed by atoms with van der Waals surface area (Å²) in [6.45, 7) is 78.9. The monoisotopic (exact) mass is 1250 g/mol. The van der Waals surface area contributed by atoms with Gasteiger partial charge in [0.05, 0.1) is 87.2 Å². The van der Waals surface area contributed by atoms with E-state index in [-0.39, 0.29) is 91.9 Å². The Hall–Kier alpha value is -9.17. The van der Waals surface area contributed by atoms with Crippen molar-refractivity contribution in [3.05, 3.63) is 231 Å². The van der Waals surface area contributed by atoms with Crippen molar-refractivity contribution >= 4 is 22.3 Å². The van der Waals surface area contributed by atoms with Crippen LogP contribution < -0.4 is 68.7 Å². The zero-order valence-corrected chi connectivity index (χ0v) is 53.7. The van der Waals surface area contributed by atoms with Crippen molar-refractivity contribution in [3.8, 4) is 0 Å². The highest BCUT2D eigenvalue weighted by Gasteiger charge is 2.24. The van der Waals surface area contributed by atoms with Crippen LogP contribution in [0.3, 0.4) is 0 Å². The van der Waals surface area contributed by atoms with Crippen molar-refractivity contribution < 1.29 is 72.5 Å². The van der Waals surface area contributed by atoms with E-state index in [9.17, 15) is 18.1 Å². The lowest BCUT2D eigenvalue weighted by molar-refractivity contribution is -0.891. The third-order valence-corrected chi connectivity index (χ3v) is 12.4. The fourth-order valence-corrected chi connectivity index (χ4v) is 8.26. The normalized spacial score (nSPS) is 14.0. The molecule has 0 amide bonds. The average molecular weight is 1260 g/mol. The molecule has 0 unspecified atom stereocenters. The summed E-state index contributed by atoms with van der Waals surface area (Å²) < 4.78 is 36.1. The smallest absolute Gasteiger partial charge is 0.526 e. The molecule has 0 aromatic heterocycles. The van der Waals surface area contributed by atoms with E-state index in [2.05, 4.69) is 82.7 Å². The molecule has 0 atom stereocenters. The van der Waals surface area contributed by atoms with Gasteiger partial charge in [-0.3, -0.25) is 32.1 Å². The summed E-state index contributed by atoms with van der Waals surface area (Å²) in [5, 5.41) is 23.4. The van der Waals surface area contributed by atoms with E-state index < -0.39 is 10.4 Å². The van der Waals surface area contributed by atoms with Crippen LogP contribution in [0, 0.1) is 52.6 Å². The minimum absolute atomic E-state index is 0. The fraction of sp³-hybridized carbons (Fsp3) is 0.414. The van der Waals surface area contributed by atoms with Crippen LogP contribution in [0.15, 0.2) is 140 Å². The van der Waals surface area contributed by atoms with Gasteiger partial charge >= 0.3 is 35.2 Å². The molecular formula is C58H80Cl2N20O6S. The zero-order valence-electron chi connectivity index (χ0n) is 51.4. The summed E-state index contributed by atoms with van der Waals surface area (Å²) in [4.78, 5) is 34.6.